The molecule has 22 heavy (non-hydrogen) atoms. The first-order chi connectivity index (χ1) is 10.3. The molecule has 0 aliphatic carbocycles. The summed E-state index contributed by atoms with van der Waals surface area (Å²) in [6.45, 7) is 0. The van der Waals surface area contributed by atoms with Gasteiger partial charge in [-0.25, -0.2) is 4.98 Å². The molecule has 3 nitrogen and oxygen atoms in total. The molecule has 0 N–H and O–H groups in total. The summed E-state index contributed by atoms with van der Waals surface area (Å²) in [5.41, 5.74) is -0.368. The van der Waals surface area contributed by atoms with E-state index in [1.807, 2.05) is 12.1 Å². The molecule has 1 aromatic heterocycles. The Hall–Kier alpha value is -1.47. The van der Waals surface area contributed by atoms with Crippen molar-refractivity contribution >= 4 is 39.7 Å². The Balaban J connectivity index is 2.17. The number of hydrogen-bond donors (Lipinski definition) is 0. The van der Waals surface area contributed by atoms with Crippen LogP contribution < -0.4 is 0 Å². The minimum absolute atomic E-state index is 0.0178. The normalized spacial score (nSPS) is 12.7. The molecule has 8 heteroatoms. The fourth-order valence-corrected chi connectivity index (χ4v) is 2.97. The number of alkyl halides is 3. The second kappa shape index (κ2) is 6.75. The molecule has 2 rings (SSSR count). The SMILES string of the molecule is N#CC(C(=O)Cc1ccc(I)cc1)c1nc(C(F)(F)F)cs1. The monoisotopic (exact) mass is 436 g/mol. The average Bonchev–Trinajstić information content (AvgIpc) is 2.92. The van der Waals surface area contributed by atoms with Crippen LogP contribution in [0, 0.1) is 14.9 Å². The molecule has 0 spiro atoms. The van der Waals surface area contributed by atoms with Crippen LogP contribution in [-0.4, -0.2) is 10.8 Å². The Bertz CT molecular complexity index is 719. The minimum Gasteiger partial charge on any atom is -0.297 e. The highest BCUT2D eigenvalue weighted by atomic mass is 127. The zero-order chi connectivity index (χ0) is 16.3. The zero-order valence-corrected chi connectivity index (χ0v) is 13.9. The van der Waals surface area contributed by atoms with Gasteiger partial charge in [0.1, 0.15) is 5.01 Å². The fourth-order valence-electron chi connectivity index (χ4n) is 1.72. The van der Waals surface area contributed by atoms with E-state index in [-0.39, 0.29) is 11.4 Å². The van der Waals surface area contributed by atoms with Crippen LogP contribution in [0.15, 0.2) is 29.6 Å². The lowest BCUT2D eigenvalue weighted by atomic mass is 9.99. The first-order valence-electron chi connectivity index (χ1n) is 6.00. The summed E-state index contributed by atoms with van der Waals surface area (Å²) in [6.07, 6.45) is -4.59. The van der Waals surface area contributed by atoms with E-state index in [4.69, 9.17) is 5.26 Å². The van der Waals surface area contributed by atoms with Crippen LogP contribution in [0.1, 0.15) is 22.2 Å². The van der Waals surface area contributed by atoms with Crippen LogP contribution in [0.2, 0.25) is 0 Å². The highest BCUT2D eigenvalue weighted by Crippen LogP contribution is 2.32. The van der Waals surface area contributed by atoms with Crippen molar-refractivity contribution < 1.29 is 18.0 Å². The first-order valence-corrected chi connectivity index (χ1v) is 7.96. The molecular formula is C14H8F3IN2OS. The summed E-state index contributed by atoms with van der Waals surface area (Å²) < 4.78 is 38.6. The highest BCUT2D eigenvalue weighted by molar-refractivity contribution is 14.1. The summed E-state index contributed by atoms with van der Waals surface area (Å²) in [5.74, 6) is -1.74. The number of nitrogens with zero attached hydrogens (tertiary/aromatic N) is 2. The smallest absolute Gasteiger partial charge is 0.297 e. The van der Waals surface area contributed by atoms with Crippen LogP contribution in [-0.2, 0) is 17.4 Å². The molecular weight excluding hydrogens is 428 g/mol. The predicted octanol–water partition coefficient (Wildman–Crippen LogP) is 4.19. The number of nitriles is 1. The molecule has 0 bridgehead atoms. The van der Waals surface area contributed by atoms with Gasteiger partial charge < -0.3 is 0 Å². The van der Waals surface area contributed by atoms with Gasteiger partial charge in [0, 0.05) is 15.4 Å². The van der Waals surface area contributed by atoms with Crippen molar-refractivity contribution in [2.45, 2.75) is 18.5 Å². The van der Waals surface area contributed by atoms with E-state index >= 15 is 0 Å². The molecule has 1 atom stereocenters. The van der Waals surface area contributed by atoms with Crippen molar-refractivity contribution in [3.05, 3.63) is 49.5 Å². The highest BCUT2D eigenvalue weighted by Gasteiger charge is 2.35. The van der Waals surface area contributed by atoms with Crippen LogP contribution in [0.25, 0.3) is 0 Å². The Kier molecular flexibility index (Phi) is 5.18. The van der Waals surface area contributed by atoms with Crippen LogP contribution in [0.3, 0.4) is 0 Å². The van der Waals surface area contributed by atoms with E-state index in [9.17, 15) is 18.0 Å². The summed E-state index contributed by atoms with van der Waals surface area (Å²) in [4.78, 5) is 15.5. The lowest BCUT2D eigenvalue weighted by Crippen LogP contribution is -2.14. The van der Waals surface area contributed by atoms with Crippen LogP contribution in [0.4, 0.5) is 13.2 Å². The predicted molar refractivity (Wildman–Crippen MR) is 83.3 cm³/mol. The van der Waals surface area contributed by atoms with Gasteiger partial charge in [0.25, 0.3) is 0 Å². The molecule has 0 saturated carbocycles. The Morgan fingerprint density at radius 2 is 2.00 bits per heavy atom. The van der Waals surface area contributed by atoms with Gasteiger partial charge in [-0.15, -0.1) is 11.3 Å². The van der Waals surface area contributed by atoms with Gasteiger partial charge in [0.15, 0.2) is 17.4 Å². The van der Waals surface area contributed by atoms with Crippen LogP contribution >= 0.6 is 33.9 Å². The number of hydrogen-bond acceptors (Lipinski definition) is 4. The van der Waals surface area contributed by atoms with Gasteiger partial charge in [0.2, 0.25) is 0 Å². The maximum Gasteiger partial charge on any atom is 0.434 e. The quantitative estimate of drug-likeness (QED) is 0.676. The van der Waals surface area contributed by atoms with Gasteiger partial charge in [0.05, 0.1) is 6.07 Å². The molecule has 1 heterocycles. The number of benzene rings is 1. The summed E-state index contributed by atoms with van der Waals surface area (Å²) in [5, 5.41) is 9.79. The van der Waals surface area contributed by atoms with Crippen molar-refractivity contribution in [1.82, 2.24) is 4.98 Å². The summed E-state index contributed by atoms with van der Waals surface area (Å²) >= 11 is 2.79. The molecule has 0 saturated heterocycles. The van der Waals surface area contributed by atoms with Gasteiger partial charge in [-0.05, 0) is 40.3 Å². The molecule has 0 aliphatic rings. The fraction of sp³-hybridized carbons (Fsp3) is 0.214. The molecule has 0 amide bonds. The van der Waals surface area contributed by atoms with Gasteiger partial charge in [-0.2, -0.15) is 18.4 Å². The van der Waals surface area contributed by atoms with Crippen molar-refractivity contribution in [3.8, 4) is 6.07 Å². The standard InChI is InChI=1S/C14H8F3IN2OS/c15-14(16,17)12-7-22-13(20-12)10(6-19)11(21)5-8-1-3-9(18)4-2-8/h1-4,7,10H,5H2. The van der Waals surface area contributed by atoms with Crippen molar-refractivity contribution in [1.29, 1.82) is 5.26 Å². The zero-order valence-electron chi connectivity index (χ0n) is 10.9. The largest absolute Gasteiger partial charge is 0.434 e. The maximum absolute atomic E-state index is 12.5. The van der Waals surface area contributed by atoms with Gasteiger partial charge in [-0.1, -0.05) is 12.1 Å². The Morgan fingerprint density at radius 1 is 1.36 bits per heavy atom. The molecule has 1 aromatic carbocycles. The number of aromatic nitrogens is 1. The second-order valence-electron chi connectivity index (χ2n) is 4.40. The summed E-state index contributed by atoms with van der Waals surface area (Å²) in [7, 11) is 0. The third-order valence-corrected chi connectivity index (χ3v) is 4.43. The number of thiazole rings is 1. The Morgan fingerprint density at radius 3 is 2.50 bits per heavy atom. The molecule has 114 valence electrons. The first kappa shape index (κ1) is 16.9. The minimum atomic E-state index is -4.58. The third-order valence-electron chi connectivity index (χ3n) is 2.80. The van der Waals surface area contributed by atoms with Crippen LogP contribution in [0.5, 0.6) is 0 Å². The summed E-state index contributed by atoms with van der Waals surface area (Å²) in [6, 6.07) is 8.87. The lowest BCUT2D eigenvalue weighted by Gasteiger charge is -2.06. The maximum atomic E-state index is 12.5. The third kappa shape index (κ3) is 4.04. The van der Waals surface area contributed by atoms with Crippen molar-refractivity contribution in [2.75, 3.05) is 0 Å². The second-order valence-corrected chi connectivity index (χ2v) is 6.54. The topological polar surface area (TPSA) is 53.8 Å². The number of Topliss-reactive ketones (excluding diaryl/α,β-unsaturated/α-hetero) is 1. The lowest BCUT2D eigenvalue weighted by molar-refractivity contribution is -0.141. The van der Waals surface area contributed by atoms with Gasteiger partial charge in [-0.3, -0.25) is 4.79 Å². The number of rotatable bonds is 4. The molecule has 0 fully saturated rings. The molecule has 0 aliphatic heterocycles. The van der Waals surface area contributed by atoms with E-state index in [2.05, 4.69) is 27.6 Å². The van der Waals surface area contributed by atoms with E-state index in [1.54, 1.807) is 18.2 Å². The van der Waals surface area contributed by atoms with Crippen molar-refractivity contribution in [3.63, 3.8) is 0 Å². The Labute approximate surface area is 141 Å². The number of carbonyl (C=O) groups is 1. The van der Waals surface area contributed by atoms with E-state index < -0.39 is 23.6 Å². The van der Waals surface area contributed by atoms with Gasteiger partial charge >= 0.3 is 6.18 Å². The van der Waals surface area contributed by atoms with E-state index in [1.165, 1.54) is 0 Å². The number of carbonyl (C=O) groups excluding carboxylic acids is 1. The number of ketones is 1. The molecule has 2 aromatic rings. The van der Waals surface area contributed by atoms with Crippen molar-refractivity contribution in [2.24, 2.45) is 0 Å². The molecule has 0 radical (unpaired) electrons. The molecule has 1 unspecified atom stereocenters. The van der Waals surface area contributed by atoms with E-state index in [0.29, 0.717) is 16.9 Å². The number of halogens is 4. The van der Waals surface area contributed by atoms with E-state index in [0.717, 1.165) is 8.95 Å². The average molecular weight is 436 g/mol.